The third-order valence-electron chi connectivity index (χ3n) is 5.78. The van der Waals surface area contributed by atoms with Gasteiger partial charge >= 0.3 is 11.6 Å². The van der Waals surface area contributed by atoms with Crippen molar-refractivity contribution >= 4 is 27.8 Å². The van der Waals surface area contributed by atoms with Gasteiger partial charge in [0.15, 0.2) is 0 Å². The largest absolute Gasteiger partial charge is 0.497 e. The summed E-state index contributed by atoms with van der Waals surface area (Å²) in [7, 11) is 1.54. The monoisotopic (exact) mass is 451 g/mol. The van der Waals surface area contributed by atoms with E-state index in [9.17, 15) is 9.59 Å². The molecule has 6 nitrogen and oxygen atoms in total. The Morgan fingerprint density at radius 3 is 2.50 bits per heavy atom. The van der Waals surface area contributed by atoms with E-state index in [0.29, 0.717) is 38.7 Å². The fraction of sp³-hybridized carbons (Fsp3) is 0.107. The molecule has 0 unspecified atom stereocenters. The summed E-state index contributed by atoms with van der Waals surface area (Å²) in [5.74, 6) is 0.0836. The van der Waals surface area contributed by atoms with Gasteiger partial charge in [-0.05, 0) is 30.7 Å². The summed E-state index contributed by atoms with van der Waals surface area (Å²) in [6.07, 6.45) is 0. The van der Waals surface area contributed by atoms with Crippen LogP contribution in [0.4, 0.5) is 0 Å². The molecular formula is C28H21NO5. The summed E-state index contributed by atoms with van der Waals surface area (Å²) < 4.78 is 16.2. The number of nitrogens with zero attached hydrogens (tertiary/aromatic N) is 1. The van der Waals surface area contributed by atoms with Gasteiger partial charge in [0.2, 0.25) is 0 Å². The van der Waals surface area contributed by atoms with Crippen LogP contribution < -0.4 is 10.4 Å². The van der Waals surface area contributed by atoms with Crippen molar-refractivity contribution in [1.29, 1.82) is 0 Å². The van der Waals surface area contributed by atoms with E-state index in [4.69, 9.17) is 18.9 Å². The quantitative estimate of drug-likeness (QED) is 0.253. The molecule has 0 aliphatic heterocycles. The third-order valence-corrected chi connectivity index (χ3v) is 5.78. The second kappa shape index (κ2) is 8.83. The van der Waals surface area contributed by atoms with Crippen molar-refractivity contribution in [2.24, 2.45) is 0 Å². The number of methoxy groups -OCH3 is 1. The molecule has 5 aromatic rings. The van der Waals surface area contributed by atoms with Gasteiger partial charge in [-0.15, -0.1) is 0 Å². The van der Waals surface area contributed by atoms with Gasteiger partial charge in [-0.2, -0.15) is 0 Å². The van der Waals surface area contributed by atoms with Crippen molar-refractivity contribution in [3.8, 4) is 17.0 Å². The summed E-state index contributed by atoms with van der Waals surface area (Å²) >= 11 is 0. The van der Waals surface area contributed by atoms with E-state index in [1.807, 2.05) is 61.5 Å². The fourth-order valence-electron chi connectivity index (χ4n) is 4.12. The minimum atomic E-state index is -0.524. The highest BCUT2D eigenvalue weighted by Gasteiger charge is 2.20. The molecule has 2 aromatic heterocycles. The Morgan fingerprint density at radius 2 is 1.71 bits per heavy atom. The number of carbonyl (C=O) groups excluding carboxylic acids is 1. The minimum absolute atomic E-state index is 0.0793. The smallest absolute Gasteiger partial charge is 0.339 e. The summed E-state index contributed by atoms with van der Waals surface area (Å²) in [6, 6.07) is 23.7. The molecule has 0 aliphatic carbocycles. The SMILES string of the molecule is COc1ccc2c(COC(=O)c3c(C)c(-c4ccccc4)nc4ccccc34)cc(=O)oc2c1. The van der Waals surface area contributed by atoms with E-state index in [-0.39, 0.29) is 6.61 Å². The number of fused-ring (bicyclic) bond motifs is 2. The number of ether oxygens (including phenoxy) is 2. The highest BCUT2D eigenvalue weighted by molar-refractivity contribution is 6.06. The van der Waals surface area contributed by atoms with Crippen molar-refractivity contribution in [3.63, 3.8) is 0 Å². The van der Waals surface area contributed by atoms with Crippen molar-refractivity contribution in [1.82, 2.24) is 4.98 Å². The van der Waals surface area contributed by atoms with E-state index in [1.54, 1.807) is 18.2 Å². The van der Waals surface area contributed by atoms with Gasteiger partial charge in [0.25, 0.3) is 0 Å². The zero-order valence-electron chi connectivity index (χ0n) is 18.7. The molecule has 0 saturated heterocycles. The molecule has 0 radical (unpaired) electrons. The molecule has 0 aliphatic rings. The summed E-state index contributed by atoms with van der Waals surface area (Å²) in [5.41, 5.74) is 3.94. The van der Waals surface area contributed by atoms with Gasteiger partial charge in [-0.1, -0.05) is 48.5 Å². The predicted octanol–water partition coefficient (Wildman–Crippen LogP) is 5.68. The highest BCUT2D eigenvalue weighted by atomic mass is 16.5. The lowest BCUT2D eigenvalue weighted by Crippen LogP contribution is -2.11. The molecule has 5 rings (SSSR count). The first-order chi connectivity index (χ1) is 16.5. The van der Waals surface area contributed by atoms with Crippen molar-refractivity contribution in [2.45, 2.75) is 13.5 Å². The average molecular weight is 451 g/mol. The Labute approximate surface area is 195 Å². The molecular weight excluding hydrogens is 430 g/mol. The van der Waals surface area contributed by atoms with E-state index in [0.717, 1.165) is 16.8 Å². The van der Waals surface area contributed by atoms with Crippen LogP contribution in [0.1, 0.15) is 21.5 Å². The van der Waals surface area contributed by atoms with Crippen LogP contribution in [0.25, 0.3) is 33.1 Å². The Kier molecular flexibility index (Phi) is 5.55. The molecule has 3 aromatic carbocycles. The Hall–Kier alpha value is -4.45. The fourth-order valence-corrected chi connectivity index (χ4v) is 4.12. The van der Waals surface area contributed by atoms with Crippen molar-refractivity contribution < 1.29 is 18.7 Å². The number of hydrogen-bond donors (Lipinski definition) is 0. The van der Waals surface area contributed by atoms with Crippen LogP contribution in [-0.2, 0) is 11.3 Å². The Balaban J connectivity index is 1.55. The maximum atomic E-state index is 13.4. The second-order valence-corrected chi connectivity index (χ2v) is 7.87. The first kappa shape index (κ1) is 21.4. The van der Waals surface area contributed by atoms with Crippen LogP contribution in [0, 0.1) is 6.92 Å². The first-order valence-electron chi connectivity index (χ1n) is 10.8. The lowest BCUT2D eigenvalue weighted by atomic mass is 9.98. The van der Waals surface area contributed by atoms with Crippen LogP contribution >= 0.6 is 0 Å². The summed E-state index contributed by atoms with van der Waals surface area (Å²) in [5, 5.41) is 1.39. The topological polar surface area (TPSA) is 78.6 Å². The number of esters is 1. The van der Waals surface area contributed by atoms with Gasteiger partial charge < -0.3 is 13.9 Å². The molecule has 34 heavy (non-hydrogen) atoms. The molecule has 0 spiro atoms. The van der Waals surface area contributed by atoms with Crippen LogP contribution in [0.15, 0.2) is 88.1 Å². The molecule has 0 atom stereocenters. The molecule has 0 bridgehead atoms. The maximum absolute atomic E-state index is 13.4. The molecule has 0 fully saturated rings. The number of benzene rings is 3. The number of rotatable bonds is 5. The lowest BCUT2D eigenvalue weighted by Gasteiger charge is -2.14. The molecule has 6 heteroatoms. The second-order valence-electron chi connectivity index (χ2n) is 7.87. The number of pyridine rings is 1. The predicted molar refractivity (Wildman–Crippen MR) is 130 cm³/mol. The van der Waals surface area contributed by atoms with Gasteiger partial charge in [0.05, 0.1) is 23.9 Å². The van der Waals surface area contributed by atoms with Crippen molar-refractivity contribution in [3.05, 3.63) is 106 Å². The Morgan fingerprint density at radius 1 is 0.941 bits per heavy atom. The zero-order valence-corrected chi connectivity index (χ0v) is 18.7. The van der Waals surface area contributed by atoms with Gasteiger partial charge in [-0.25, -0.2) is 14.6 Å². The van der Waals surface area contributed by atoms with E-state index >= 15 is 0 Å². The van der Waals surface area contributed by atoms with Gasteiger partial charge in [0, 0.05) is 34.0 Å². The Bertz CT molecular complexity index is 1590. The van der Waals surface area contributed by atoms with E-state index < -0.39 is 11.6 Å². The van der Waals surface area contributed by atoms with Crippen LogP contribution in [0.2, 0.25) is 0 Å². The molecule has 168 valence electrons. The van der Waals surface area contributed by atoms with Gasteiger partial charge in [0.1, 0.15) is 17.9 Å². The first-order valence-corrected chi connectivity index (χ1v) is 10.8. The minimum Gasteiger partial charge on any atom is -0.497 e. The molecule has 2 heterocycles. The van der Waals surface area contributed by atoms with Gasteiger partial charge in [-0.3, -0.25) is 0 Å². The number of hydrogen-bond acceptors (Lipinski definition) is 6. The molecule has 0 amide bonds. The number of carbonyl (C=O) groups is 1. The van der Waals surface area contributed by atoms with Crippen LogP contribution in [-0.4, -0.2) is 18.1 Å². The average Bonchev–Trinajstić information content (AvgIpc) is 2.86. The highest BCUT2D eigenvalue weighted by Crippen LogP contribution is 2.30. The van der Waals surface area contributed by atoms with Crippen molar-refractivity contribution in [2.75, 3.05) is 7.11 Å². The summed E-state index contributed by atoms with van der Waals surface area (Å²) in [6.45, 7) is 1.79. The molecule has 0 N–H and O–H groups in total. The van der Waals surface area contributed by atoms with Crippen LogP contribution in [0.5, 0.6) is 5.75 Å². The lowest BCUT2D eigenvalue weighted by molar-refractivity contribution is 0.0475. The number of aromatic nitrogens is 1. The van der Waals surface area contributed by atoms with E-state index in [1.165, 1.54) is 13.2 Å². The molecule has 0 saturated carbocycles. The summed E-state index contributed by atoms with van der Waals surface area (Å²) in [4.78, 5) is 30.3. The standard InChI is InChI=1S/C28H21NO5/c1-17-26(22-10-6-7-11-23(22)29-27(17)18-8-4-3-5-9-18)28(31)33-16-19-14-25(30)34-24-15-20(32-2)12-13-21(19)24/h3-15H,16H2,1-2H3. The normalized spacial score (nSPS) is 11.0. The van der Waals surface area contributed by atoms with E-state index in [2.05, 4.69) is 0 Å². The number of para-hydroxylation sites is 1. The maximum Gasteiger partial charge on any atom is 0.339 e. The zero-order chi connectivity index (χ0) is 23.7. The van der Waals surface area contributed by atoms with Crippen LogP contribution in [0.3, 0.4) is 0 Å². The third kappa shape index (κ3) is 3.90.